The average molecular weight is 270 g/mol. The molecule has 1 heterocycles. The van der Waals surface area contributed by atoms with Crippen LogP contribution >= 0.6 is 11.6 Å². The fourth-order valence-electron chi connectivity index (χ4n) is 1.93. The predicted octanol–water partition coefficient (Wildman–Crippen LogP) is 3.04. The van der Waals surface area contributed by atoms with Crippen LogP contribution in [-0.2, 0) is 6.42 Å². The van der Waals surface area contributed by atoms with E-state index in [2.05, 4.69) is 19.2 Å². The van der Waals surface area contributed by atoms with E-state index in [4.69, 9.17) is 21.1 Å². The summed E-state index contributed by atoms with van der Waals surface area (Å²) >= 11 is 6.24. The van der Waals surface area contributed by atoms with E-state index in [1.807, 2.05) is 12.1 Å². The van der Waals surface area contributed by atoms with Crippen molar-refractivity contribution in [1.29, 1.82) is 0 Å². The zero-order valence-corrected chi connectivity index (χ0v) is 11.7. The monoisotopic (exact) mass is 269 g/mol. The Balaban J connectivity index is 2.08. The van der Waals surface area contributed by atoms with Crippen molar-refractivity contribution in [3.63, 3.8) is 0 Å². The van der Waals surface area contributed by atoms with Gasteiger partial charge < -0.3 is 14.8 Å². The summed E-state index contributed by atoms with van der Waals surface area (Å²) < 4.78 is 11.3. The summed E-state index contributed by atoms with van der Waals surface area (Å²) in [7, 11) is 0. The zero-order valence-electron chi connectivity index (χ0n) is 11.0. The largest absolute Gasteiger partial charge is 0.489 e. The molecule has 1 aliphatic rings. The first-order valence-electron chi connectivity index (χ1n) is 6.48. The summed E-state index contributed by atoms with van der Waals surface area (Å²) in [5, 5.41) is 4.04. The van der Waals surface area contributed by atoms with Gasteiger partial charge in [-0.15, -0.1) is 0 Å². The maximum atomic E-state index is 6.24. The minimum Gasteiger partial charge on any atom is -0.489 e. The van der Waals surface area contributed by atoms with E-state index in [1.54, 1.807) is 0 Å². The molecule has 0 saturated carbocycles. The van der Waals surface area contributed by atoms with E-state index >= 15 is 0 Å². The SMILES string of the molecule is CC(C)NCCc1cc(Cl)c2c(c1)OCCCO2. The Kier molecular flexibility index (Phi) is 4.72. The first-order valence-corrected chi connectivity index (χ1v) is 6.86. The van der Waals surface area contributed by atoms with Gasteiger partial charge in [0.15, 0.2) is 11.5 Å². The molecule has 0 radical (unpaired) electrons. The maximum Gasteiger partial charge on any atom is 0.179 e. The third kappa shape index (κ3) is 3.53. The second-order valence-electron chi connectivity index (χ2n) is 4.81. The normalized spacial score (nSPS) is 14.7. The third-order valence-electron chi connectivity index (χ3n) is 2.83. The molecule has 0 bridgehead atoms. The van der Waals surface area contributed by atoms with Crippen LogP contribution < -0.4 is 14.8 Å². The lowest BCUT2D eigenvalue weighted by Gasteiger charge is -2.12. The second kappa shape index (κ2) is 6.30. The highest BCUT2D eigenvalue weighted by Crippen LogP contribution is 2.37. The molecular weight excluding hydrogens is 250 g/mol. The van der Waals surface area contributed by atoms with E-state index in [0.717, 1.165) is 25.1 Å². The summed E-state index contributed by atoms with van der Waals surface area (Å²) in [6, 6.07) is 4.51. The third-order valence-corrected chi connectivity index (χ3v) is 3.11. The van der Waals surface area contributed by atoms with Crippen LogP contribution in [0.1, 0.15) is 25.8 Å². The van der Waals surface area contributed by atoms with E-state index in [-0.39, 0.29) is 0 Å². The lowest BCUT2D eigenvalue weighted by Crippen LogP contribution is -2.24. The Morgan fingerprint density at radius 2 is 2.06 bits per heavy atom. The highest BCUT2D eigenvalue weighted by Gasteiger charge is 2.15. The molecule has 0 saturated heterocycles. The van der Waals surface area contributed by atoms with Crippen LogP contribution in [0.2, 0.25) is 5.02 Å². The molecule has 100 valence electrons. The van der Waals surface area contributed by atoms with Gasteiger partial charge in [-0.25, -0.2) is 0 Å². The van der Waals surface area contributed by atoms with E-state index in [0.29, 0.717) is 30.0 Å². The lowest BCUT2D eigenvalue weighted by atomic mass is 10.1. The number of rotatable bonds is 4. The maximum absolute atomic E-state index is 6.24. The Morgan fingerprint density at radius 3 is 2.83 bits per heavy atom. The van der Waals surface area contributed by atoms with Gasteiger partial charge in [-0.3, -0.25) is 0 Å². The summed E-state index contributed by atoms with van der Waals surface area (Å²) in [5.41, 5.74) is 1.18. The molecule has 18 heavy (non-hydrogen) atoms. The highest BCUT2D eigenvalue weighted by atomic mass is 35.5. The number of hydrogen-bond donors (Lipinski definition) is 1. The van der Waals surface area contributed by atoms with Crippen molar-refractivity contribution < 1.29 is 9.47 Å². The molecule has 0 fully saturated rings. The summed E-state index contributed by atoms with van der Waals surface area (Å²) in [6.07, 6.45) is 1.84. The average Bonchev–Trinajstić information content (AvgIpc) is 2.54. The van der Waals surface area contributed by atoms with Crippen molar-refractivity contribution in [2.75, 3.05) is 19.8 Å². The molecule has 0 aliphatic carbocycles. The smallest absolute Gasteiger partial charge is 0.179 e. The Bertz CT molecular complexity index is 407. The predicted molar refractivity (Wildman–Crippen MR) is 73.9 cm³/mol. The van der Waals surface area contributed by atoms with Crippen molar-refractivity contribution >= 4 is 11.6 Å². The molecule has 1 aliphatic heterocycles. The van der Waals surface area contributed by atoms with Crippen LogP contribution in [0.5, 0.6) is 11.5 Å². The number of nitrogens with one attached hydrogen (secondary N) is 1. The molecule has 0 atom stereocenters. The molecule has 0 unspecified atom stereocenters. The second-order valence-corrected chi connectivity index (χ2v) is 5.22. The van der Waals surface area contributed by atoms with E-state index < -0.39 is 0 Å². The Morgan fingerprint density at radius 1 is 1.28 bits per heavy atom. The van der Waals surface area contributed by atoms with Crippen LogP contribution in [0, 0.1) is 0 Å². The van der Waals surface area contributed by atoms with Crippen molar-refractivity contribution in [2.24, 2.45) is 0 Å². The lowest BCUT2D eigenvalue weighted by molar-refractivity contribution is 0.297. The van der Waals surface area contributed by atoms with Crippen LogP contribution in [0.25, 0.3) is 0 Å². The molecule has 0 aromatic heterocycles. The van der Waals surface area contributed by atoms with Crippen LogP contribution in [0.15, 0.2) is 12.1 Å². The molecule has 1 N–H and O–H groups in total. The van der Waals surface area contributed by atoms with Crippen LogP contribution in [0.4, 0.5) is 0 Å². The fourth-order valence-corrected chi connectivity index (χ4v) is 2.22. The Hall–Kier alpha value is -0.930. The number of fused-ring (bicyclic) bond motifs is 1. The zero-order chi connectivity index (χ0) is 13.0. The van der Waals surface area contributed by atoms with E-state index in [1.165, 1.54) is 5.56 Å². The van der Waals surface area contributed by atoms with Gasteiger partial charge in [-0.1, -0.05) is 25.4 Å². The van der Waals surface area contributed by atoms with Gasteiger partial charge in [0.2, 0.25) is 0 Å². The number of hydrogen-bond acceptors (Lipinski definition) is 3. The van der Waals surface area contributed by atoms with Gasteiger partial charge in [0.1, 0.15) is 0 Å². The first kappa shape index (κ1) is 13.5. The molecule has 1 aromatic rings. The van der Waals surface area contributed by atoms with Gasteiger partial charge in [0.25, 0.3) is 0 Å². The molecule has 1 aromatic carbocycles. The topological polar surface area (TPSA) is 30.5 Å². The molecule has 4 heteroatoms. The van der Waals surface area contributed by atoms with Crippen molar-refractivity contribution in [1.82, 2.24) is 5.32 Å². The van der Waals surface area contributed by atoms with Gasteiger partial charge in [-0.05, 0) is 30.7 Å². The van der Waals surface area contributed by atoms with Crippen molar-refractivity contribution in [2.45, 2.75) is 32.7 Å². The van der Waals surface area contributed by atoms with Crippen molar-refractivity contribution in [3.05, 3.63) is 22.7 Å². The van der Waals surface area contributed by atoms with Gasteiger partial charge >= 0.3 is 0 Å². The molecular formula is C14H20ClNO2. The minimum atomic E-state index is 0.501. The van der Waals surface area contributed by atoms with Gasteiger partial charge in [0, 0.05) is 12.5 Å². The molecule has 2 rings (SSSR count). The van der Waals surface area contributed by atoms with Crippen molar-refractivity contribution in [3.8, 4) is 11.5 Å². The molecule has 3 nitrogen and oxygen atoms in total. The summed E-state index contributed by atoms with van der Waals surface area (Å²) in [5.74, 6) is 1.47. The molecule has 0 spiro atoms. The van der Waals surface area contributed by atoms with Gasteiger partial charge in [0.05, 0.1) is 18.2 Å². The highest BCUT2D eigenvalue weighted by molar-refractivity contribution is 6.32. The fraction of sp³-hybridized carbons (Fsp3) is 0.571. The van der Waals surface area contributed by atoms with Crippen LogP contribution in [-0.4, -0.2) is 25.8 Å². The van der Waals surface area contributed by atoms with Crippen LogP contribution in [0.3, 0.4) is 0 Å². The first-order chi connectivity index (χ1) is 8.66. The summed E-state index contributed by atoms with van der Waals surface area (Å²) in [4.78, 5) is 0. The minimum absolute atomic E-state index is 0.501. The number of benzene rings is 1. The summed E-state index contributed by atoms with van der Waals surface area (Å²) in [6.45, 7) is 6.58. The molecule has 0 amide bonds. The number of ether oxygens (including phenoxy) is 2. The van der Waals surface area contributed by atoms with E-state index in [9.17, 15) is 0 Å². The number of halogens is 1. The van der Waals surface area contributed by atoms with Gasteiger partial charge in [-0.2, -0.15) is 0 Å². The quantitative estimate of drug-likeness (QED) is 0.911. The standard InChI is InChI=1S/C14H20ClNO2/c1-10(2)16-5-4-11-8-12(15)14-13(9-11)17-6-3-7-18-14/h8-10,16H,3-7H2,1-2H3. The Labute approximate surface area is 113 Å².